The number of hydrogen-bond donors (Lipinski definition) is 0. The summed E-state index contributed by atoms with van der Waals surface area (Å²) in [7, 11) is 0. The highest BCUT2D eigenvalue weighted by Gasteiger charge is 2.46. The van der Waals surface area contributed by atoms with Crippen LogP contribution < -0.4 is 4.90 Å². The van der Waals surface area contributed by atoms with Gasteiger partial charge in [0.1, 0.15) is 0 Å². The van der Waals surface area contributed by atoms with Crippen LogP contribution in [0.5, 0.6) is 0 Å². The summed E-state index contributed by atoms with van der Waals surface area (Å²) in [5, 5.41) is 2.57. The molecule has 0 aliphatic carbocycles. The maximum atomic E-state index is 2.57. The minimum atomic E-state index is -0.320. The molecule has 56 heavy (non-hydrogen) atoms. The number of benzene rings is 8. The fourth-order valence-corrected chi connectivity index (χ4v) is 9.99. The van der Waals surface area contributed by atoms with E-state index >= 15 is 0 Å². The van der Waals surface area contributed by atoms with Crippen LogP contribution in [-0.4, -0.2) is 4.57 Å². The summed E-state index contributed by atoms with van der Waals surface area (Å²) in [6.45, 7) is 9.80. The molecule has 1 aromatic heterocycles. The van der Waals surface area contributed by atoms with Crippen LogP contribution in [0, 0.1) is 0 Å². The lowest BCUT2D eigenvalue weighted by Gasteiger charge is -2.47. The number of fused-ring (bicyclic) bond motifs is 8. The Kier molecular flexibility index (Phi) is 6.98. The molecule has 2 nitrogen and oxygen atoms in total. The molecule has 3 heterocycles. The van der Waals surface area contributed by atoms with E-state index in [-0.39, 0.29) is 10.8 Å². The molecule has 0 bridgehead atoms. The molecule has 0 spiro atoms. The maximum Gasteiger partial charge on any atom is 0.0586 e. The minimum Gasteiger partial charge on any atom is -0.310 e. The first kappa shape index (κ1) is 32.8. The average molecular weight is 719 g/mol. The van der Waals surface area contributed by atoms with Crippen LogP contribution in [0.25, 0.3) is 60.9 Å². The van der Waals surface area contributed by atoms with Gasteiger partial charge in [0.2, 0.25) is 0 Å². The summed E-state index contributed by atoms with van der Waals surface area (Å²) in [6, 6.07) is 67.3. The number of anilines is 3. The van der Waals surface area contributed by atoms with Gasteiger partial charge in [-0.3, -0.25) is 0 Å². The number of nitrogens with zero attached hydrogens (tertiary/aromatic N) is 2. The summed E-state index contributed by atoms with van der Waals surface area (Å²) in [5.74, 6) is 0. The van der Waals surface area contributed by atoms with Crippen LogP contribution in [0.1, 0.15) is 49.9 Å². The van der Waals surface area contributed by atoms with Gasteiger partial charge in [0.05, 0.1) is 28.1 Å². The molecule has 0 N–H and O–H groups in total. The van der Waals surface area contributed by atoms with Crippen molar-refractivity contribution in [2.45, 2.75) is 38.5 Å². The van der Waals surface area contributed by atoms with Crippen LogP contribution in [0.3, 0.4) is 0 Å². The molecular weight excluding hydrogens is 677 g/mol. The Morgan fingerprint density at radius 1 is 0.357 bits per heavy atom. The van der Waals surface area contributed by atoms with Gasteiger partial charge in [-0.2, -0.15) is 0 Å². The summed E-state index contributed by atoms with van der Waals surface area (Å²) in [4.78, 5) is 2.55. The van der Waals surface area contributed by atoms with Gasteiger partial charge in [-0.1, -0.05) is 161 Å². The van der Waals surface area contributed by atoms with E-state index in [0.717, 1.165) is 5.69 Å². The predicted octanol–water partition coefficient (Wildman–Crippen LogP) is 14.5. The Balaban J connectivity index is 1.26. The number of hydrogen-bond acceptors (Lipinski definition) is 1. The molecule has 268 valence electrons. The Labute approximate surface area is 328 Å². The smallest absolute Gasteiger partial charge is 0.0586 e. The second-order valence-corrected chi connectivity index (χ2v) is 16.6. The van der Waals surface area contributed by atoms with E-state index in [4.69, 9.17) is 0 Å². The summed E-state index contributed by atoms with van der Waals surface area (Å²) < 4.78 is 2.57. The Hall–Kier alpha value is -6.64. The van der Waals surface area contributed by atoms with Crippen LogP contribution in [0.2, 0.25) is 0 Å². The fourth-order valence-electron chi connectivity index (χ4n) is 9.99. The molecule has 8 aromatic carbocycles. The van der Waals surface area contributed by atoms with Crippen molar-refractivity contribution in [3.05, 3.63) is 204 Å². The van der Waals surface area contributed by atoms with Crippen molar-refractivity contribution in [1.29, 1.82) is 0 Å². The van der Waals surface area contributed by atoms with Gasteiger partial charge in [0.25, 0.3) is 0 Å². The molecule has 0 saturated heterocycles. The zero-order valence-corrected chi connectivity index (χ0v) is 32.2. The van der Waals surface area contributed by atoms with Crippen LogP contribution >= 0.6 is 0 Å². The molecule has 0 amide bonds. The van der Waals surface area contributed by atoms with Gasteiger partial charge in [0, 0.05) is 27.3 Å². The monoisotopic (exact) mass is 718 g/mol. The van der Waals surface area contributed by atoms with E-state index in [1.54, 1.807) is 0 Å². The first-order valence-electron chi connectivity index (χ1n) is 19.8. The minimum absolute atomic E-state index is 0.276. The number of para-hydroxylation sites is 1. The zero-order chi connectivity index (χ0) is 37.8. The topological polar surface area (TPSA) is 8.17 Å². The molecule has 2 aliphatic rings. The first-order chi connectivity index (χ1) is 27.3. The van der Waals surface area contributed by atoms with Gasteiger partial charge in [-0.05, 0) is 104 Å². The van der Waals surface area contributed by atoms with Crippen molar-refractivity contribution < 1.29 is 0 Å². The molecule has 0 saturated carbocycles. The quantitative estimate of drug-likeness (QED) is 0.176. The van der Waals surface area contributed by atoms with Crippen LogP contribution in [-0.2, 0) is 10.8 Å². The Morgan fingerprint density at radius 2 is 0.875 bits per heavy atom. The third kappa shape index (κ3) is 4.62. The highest BCUT2D eigenvalue weighted by molar-refractivity contribution is 6.15. The van der Waals surface area contributed by atoms with E-state index in [2.05, 4.69) is 219 Å². The lowest BCUT2D eigenvalue weighted by molar-refractivity contribution is 0.570. The largest absolute Gasteiger partial charge is 0.310 e. The normalized spacial score (nSPS) is 14.7. The molecule has 11 rings (SSSR count). The third-order valence-corrected chi connectivity index (χ3v) is 12.7. The lowest BCUT2D eigenvalue weighted by Crippen LogP contribution is -2.37. The van der Waals surface area contributed by atoms with E-state index in [0.29, 0.717) is 0 Å². The first-order valence-corrected chi connectivity index (χ1v) is 19.8. The van der Waals surface area contributed by atoms with Crippen LogP contribution in [0.15, 0.2) is 182 Å². The Morgan fingerprint density at radius 3 is 1.54 bits per heavy atom. The Bertz CT molecular complexity index is 2990. The summed E-state index contributed by atoms with van der Waals surface area (Å²) >= 11 is 0. The fraction of sp³-hybridized carbons (Fsp3) is 0.111. The standard InChI is InChI=1S/C54H42N2/c1-53(2)44-22-14-15-23-47(44)56-46-30-26-39(36-18-10-6-11-19-36)32-42(46)43-34-49-50(51(53)52(43)56)54(3,4)45-33-40(37-20-12-7-13-21-37)27-31-48(45)55(49)41-28-24-38(25-29-41)35-16-8-5-9-17-35/h5-34H,1-4H3. The second-order valence-electron chi connectivity index (χ2n) is 16.6. The SMILES string of the molecule is CC1(C)c2cc(-c3ccccc3)ccc2N(c2ccc(-c3ccccc3)cc2)c2cc3c4cc(-c5ccccc5)ccc4n4c3c(c21)C(C)(C)c1ccccc1-4. The van der Waals surface area contributed by atoms with Gasteiger partial charge >= 0.3 is 0 Å². The van der Waals surface area contributed by atoms with Crippen molar-refractivity contribution in [3.63, 3.8) is 0 Å². The molecule has 0 atom stereocenters. The molecule has 2 heteroatoms. The zero-order valence-electron chi connectivity index (χ0n) is 32.2. The van der Waals surface area contributed by atoms with E-state index < -0.39 is 0 Å². The number of rotatable bonds is 4. The van der Waals surface area contributed by atoms with Gasteiger partial charge in [-0.25, -0.2) is 0 Å². The average Bonchev–Trinajstić information content (AvgIpc) is 3.57. The number of aromatic nitrogens is 1. The van der Waals surface area contributed by atoms with Crippen LogP contribution in [0.4, 0.5) is 17.1 Å². The molecular formula is C54H42N2. The van der Waals surface area contributed by atoms with Gasteiger partial charge < -0.3 is 9.47 Å². The second kappa shape index (κ2) is 11.9. The van der Waals surface area contributed by atoms with E-state index in [1.165, 1.54) is 94.5 Å². The summed E-state index contributed by atoms with van der Waals surface area (Å²) in [6.07, 6.45) is 0. The van der Waals surface area contributed by atoms with Gasteiger partial charge in [0.15, 0.2) is 0 Å². The molecule has 0 radical (unpaired) electrons. The third-order valence-electron chi connectivity index (χ3n) is 12.7. The van der Waals surface area contributed by atoms with Crippen molar-refractivity contribution in [2.75, 3.05) is 4.90 Å². The van der Waals surface area contributed by atoms with Crippen molar-refractivity contribution in [1.82, 2.24) is 4.57 Å². The van der Waals surface area contributed by atoms with Crippen molar-refractivity contribution in [2.24, 2.45) is 0 Å². The van der Waals surface area contributed by atoms with E-state index in [9.17, 15) is 0 Å². The highest BCUT2D eigenvalue weighted by Crippen LogP contribution is 2.60. The van der Waals surface area contributed by atoms with Gasteiger partial charge in [-0.15, -0.1) is 0 Å². The molecule has 0 fully saturated rings. The van der Waals surface area contributed by atoms with Crippen molar-refractivity contribution >= 4 is 38.9 Å². The summed E-state index contributed by atoms with van der Waals surface area (Å²) in [5.41, 5.74) is 19.7. The lowest BCUT2D eigenvalue weighted by atomic mass is 9.64. The predicted molar refractivity (Wildman–Crippen MR) is 236 cm³/mol. The molecule has 9 aromatic rings. The van der Waals surface area contributed by atoms with Crippen molar-refractivity contribution in [3.8, 4) is 39.1 Å². The maximum absolute atomic E-state index is 2.57. The van der Waals surface area contributed by atoms with E-state index in [1.807, 2.05) is 0 Å². The molecule has 2 aliphatic heterocycles. The highest BCUT2D eigenvalue weighted by atomic mass is 15.2. The molecule has 0 unspecified atom stereocenters.